The van der Waals surface area contributed by atoms with Gasteiger partial charge in [0.1, 0.15) is 17.5 Å². The molecule has 3 rings (SSSR count). The summed E-state index contributed by atoms with van der Waals surface area (Å²) in [7, 11) is 2.00. The lowest BCUT2D eigenvalue weighted by Crippen LogP contribution is -2.57. The Kier molecular flexibility index (Phi) is 3.55. The fraction of sp³-hybridized carbons (Fsp3) is 0.714. The van der Waals surface area contributed by atoms with Gasteiger partial charge in [-0.2, -0.15) is 0 Å². The topological polar surface area (TPSA) is 67.1 Å². The molecule has 3 N–H and O–H groups in total. The number of anilines is 2. The van der Waals surface area contributed by atoms with Crippen LogP contribution in [0.25, 0.3) is 0 Å². The van der Waals surface area contributed by atoms with E-state index in [4.69, 9.17) is 10.7 Å². The summed E-state index contributed by atoms with van der Waals surface area (Å²) in [5.74, 6) is 3.08. The van der Waals surface area contributed by atoms with E-state index in [1.807, 2.05) is 13.1 Å². The number of hydrogen-bond donors (Lipinski definition) is 2. The molecule has 5 heteroatoms. The van der Waals surface area contributed by atoms with E-state index in [0.717, 1.165) is 24.7 Å². The second-order valence-corrected chi connectivity index (χ2v) is 5.73. The van der Waals surface area contributed by atoms with Crippen LogP contribution >= 0.6 is 0 Å². The van der Waals surface area contributed by atoms with Gasteiger partial charge in [-0.25, -0.2) is 9.97 Å². The summed E-state index contributed by atoms with van der Waals surface area (Å²) < 4.78 is 0. The molecule has 1 saturated carbocycles. The molecule has 1 saturated heterocycles. The average Bonchev–Trinajstić information content (AvgIpc) is 2.38. The van der Waals surface area contributed by atoms with Crippen molar-refractivity contribution in [1.29, 1.82) is 0 Å². The Hall–Kier alpha value is -1.36. The van der Waals surface area contributed by atoms with Crippen molar-refractivity contribution in [1.82, 2.24) is 15.3 Å². The average molecular weight is 261 g/mol. The fourth-order valence-electron chi connectivity index (χ4n) is 3.03. The summed E-state index contributed by atoms with van der Waals surface area (Å²) in [6.45, 7) is 2.02. The first-order valence-corrected chi connectivity index (χ1v) is 7.33. The van der Waals surface area contributed by atoms with E-state index in [-0.39, 0.29) is 0 Å². The molecular formula is C14H23N5. The summed E-state index contributed by atoms with van der Waals surface area (Å²) in [6, 6.07) is 2.48. The second kappa shape index (κ2) is 5.33. The minimum absolute atomic E-state index is 0.511. The van der Waals surface area contributed by atoms with Crippen LogP contribution in [0.1, 0.15) is 43.8 Å². The number of nitrogens with one attached hydrogen (secondary N) is 1. The van der Waals surface area contributed by atoms with Crippen molar-refractivity contribution in [3.63, 3.8) is 0 Å². The van der Waals surface area contributed by atoms with Crippen molar-refractivity contribution in [2.45, 2.75) is 44.1 Å². The summed E-state index contributed by atoms with van der Waals surface area (Å²) >= 11 is 0. The quantitative estimate of drug-likeness (QED) is 0.863. The van der Waals surface area contributed by atoms with Crippen molar-refractivity contribution in [3.8, 4) is 0 Å². The summed E-state index contributed by atoms with van der Waals surface area (Å²) in [5, 5.41) is 3.28. The molecule has 2 heterocycles. The highest BCUT2D eigenvalue weighted by Gasteiger charge is 2.28. The van der Waals surface area contributed by atoms with Gasteiger partial charge in [0.15, 0.2) is 0 Å². The fourth-order valence-corrected chi connectivity index (χ4v) is 3.03. The molecule has 104 valence electrons. The second-order valence-electron chi connectivity index (χ2n) is 5.73. The zero-order valence-electron chi connectivity index (χ0n) is 11.6. The highest BCUT2D eigenvalue weighted by atomic mass is 15.3. The van der Waals surface area contributed by atoms with Gasteiger partial charge in [0, 0.05) is 31.1 Å². The van der Waals surface area contributed by atoms with E-state index < -0.39 is 0 Å². The number of nitrogens with two attached hydrogens (primary N) is 1. The first-order chi connectivity index (χ1) is 9.26. The van der Waals surface area contributed by atoms with E-state index in [1.54, 1.807) is 0 Å². The van der Waals surface area contributed by atoms with Crippen molar-refractivity contribution >= 4 is 11.6 Å². The van der Waals surface area contributed by atoms with Gasteiger partial charge in [-0.1, -0.05) is 19.3 Å². The van der Waals surface area contributed by atoms with Crippen LogP contribution in [-0.4, -0.2) is 36.1 Å². The van der Waals surface area contributed by atoms with Crippen LogP contribution in [0.2, 0.25) is 0 Å². The predicted molar refractivity (Wildman–Crippen MR) is 77.3 cm³/mol. The summed E-state index contributed by atoms with van der Waals surface area (Å²) in [4.78, 5) is 11.5. The molecule has 0 radical (unpaired) electrons. The smallest absolute Gasteiger partial charge is 0.136 e. The molecule has 0 aromatic carbocycles. The van der Waals surface area contributed by atoms with Gasteiger partial charge in [-0.15, -0.1) is 0 Å². The van der Waals surface area contributed by atoms with Gasteiger partial charge in [0.2, 0.25) is 0 Å². The van der Waals surface area contributed by atoms with Gasteiger partial charge in [-0.05, 0) is 19.9 Å². The van der Waals surface area contributed by atoms with Gasteiger partial charge < -0.3 is 16.0 Å². The molecule has 0 spiro atoms. The lowest BCUT2D eigenvalue weighted by Gasteiger charge is -2.40. The highest BCUT2D eigenvalue weighted by molar-refractivity contribution is 5.49. The Balaban J connectivity index is 1.76. The number of hydrogen-bond acceptors (Lipinski definition) is 5. The monoisotopic (exact) mass is 261 g/mol. The van der Waals surface area contributed by atoms with E-state index >= 15 is 0 Å². The largest absolute Gasteiger partial charge is 0.384 e. The van der Waals surface area contributed by atoms with Crippen molar-refractivity contribution in [2.75, 3.05) is 30.8 Å². The Morgan fingerprint density at radius 1 is 1.21 bits per heavy atom. The van der Waals surface area contributed by atoms with Crippen LogP contribution in [0.4, 0.5) is 11.6 Å². The van der Waals surface area contributed by atoms with Crippen LogP contribution in [0.3, 0.4) is 0 Å². The first kappa shape index (κ1) is 12.7. The zero-order chi connectivity index (χ0) is 13.2. The van der Waals surface area contributed by atoms with Crippen LogP contribution in [-0.2, 0) is 0 Å². The van der Waals surface area contributed by atoms with Gasteiger partial charge >= 0.3 is 0 Å². The maximum absolute atomic E-state index is 5.96. The molecule has 2 fully saturated rings. The lowest BCUT2D eigenvalue weighted by atomic mass is 9.88. The Labute approximate surface area is 114 Å². The molecular weight excluding hydrogens is 238 g/mol. The molecule has 1 aromatic rings. The molecule has 5 nitrogen and oxygen atoms in total. The number of likely N-dealkylation sites (N-methyl/N-ethyl adjacent to an activating group) is 1. The maximum Gasteiger partial charge on any atom is 0.136 e. The molecule has 1 aliphatic carbocycles. The molecule has 0 atom stereocenters. The van der Waals surface area contributed by atoms with E-state index in [0.29, 0.717) is 17.8 Å². The van der Waals surface area contributed by atoms with Crippen molar-refractivity contribution in [3.05, 3.63) is 11.9 Å². The maximum atomic E-state index is 5.96. The summed E-state index contributed by atoms with van der Waals surface area (Å²) in [5.41, 5.74) is 5.96. The minimum Gasteiger partial charge on any atom is -0.384 e. The normalized spacial score (nSPS) is 21.4. The van der Waals surface area contributed by atoms with E-state index in [9.17, 15) is 0 Å². The lowest BCUT2D eigenvalue weighted by molar-refractivity contribution is 0.424. The van der Waals surface area contributed by atoms with E-state index in [1.165, 1.54) is 32.1 Å². The van der Waals surface area contributed by atoms with Crippen molar-refractivity contribution < 1.29 is 0 Å². The Morgan fingerprint density at radius 2 is 1.95 bits per heavy atom. The third kappa shape index (κ3) is 2.66. The Bertz CT molecular complexity index is 435. The summed E-state index contributed by atoms with van der Waals surface area (Å²) in [6.07, 6.45) is 6.36. The van der Waals surface area contributed by atoms with Gasteiger partial charge in [0.05, 0.1) is 0 Å². The predicted octanol–water partition coefficient (Wildman–Crippen LogP) is 1.51. The minimum atomic E-state index is 0.511. The third-order valence-corrected chi connectivity index (χ3v) is 4.33. The standard InChI is InChI=1S/C14H23N5/c1-16-11-8-19(9-11)13-7-12(15)17-14(18-13)10-5-3-2-4-6-10/h7,10-11,16H,2-6,8-9H2,1H3,(H2,15,17,18). The van der Waals surface area contributed by atoms with Gasteiger partial charge in [-0.3, -0.25) is 0 Å². The van der Waals surface area contributed by atoms with Crippen LogP contribution in [0.5, 0.6) is 0 Å². The van der Waals surface area contributed by atoms with Crippen LogP contribution in [0.15, 0.2) is 6.07 Å². The SMILES string of the molecule is CNC1CN(c2cc(N)nc(C3CCCCC3)n2)C1. The number of rotatable bonds is 3. The molecule has 0 unspecified atom stereocenters. The van der Waals surface area contributed by atoms with Gasteiger partial charge in [0.25, 0.3) is 0 Å². The van der Waals surface area contributed by atoms with Crippen LogP contribution < -0.4 is 16.0 Å². The molecule has 19 heavy (non-hydrogen) atoms. The molecule has 1 aromatic heterocycles. The van der Waals surface area contributed by atoms with E-state index in [2.05, 4.69) is 15.2 Å². The number of aromatic nitrogens is 2. The highest BCUT2D eigenvalue weighted by Crippen LogP contribution is 2.32. The molecule has 0 bridgehead atoms. The molecule has 2 aliphatic rings. The Morgan fingerprint density at radius 3 is 2.63 bits per heavy atom. The zero-order valence-corrected chi connectivity index (χ0v) is 11.6. The number of nitrogen functional groups attached to an aromatic ring is 1. The third-order valence-electron chi connectivity index (χ3n) is 4.33. The first-order valence-electron chi connectivity index (χ1n) is 7.33. The molecule has 0 amide bonds. The van der Waals surface area contributed by atoms with Crippen LogP contribution in [0, 0.1) is 0 Å². The molecule has 1 aliphatic heterocycles. The van der Waals surface area contributed by atoms with Crippen molar-refractivity contribution in [2.24, 2.45) is 0 Å². The number of nitrogens with zero attached hydrogens (tertiary/aromatic N) is 3.